The summed E-state index contributed by atoms with van der Waals surface area (Å²) in [6.45, 7) is 0.994. The lowest BCUT2D eigenvalue weighted by Gasteiger charge is -2.43. The number of fused-ring (bicyclic) bond motifs is 2. The summed E-state index contributed by atoms with van der Waals surface area (Å²) in [6, 6.07) is 7.02. The van der Waals surface area contributed by atoms with Gasteiger partial charge in [-0.15, -0.1) is 0 Å². The first-order chi connectivity index (χ1) is 13.0. The van der Waals surface area contributed by atoms with Crippen molar-refractivity contribution in [1.29, 1.82) is 0 Å². The first-order valence-electron chi connectivity index (χ1n) is 8.93. The molecule has 1 aliphatic carbocycles. The average Bonchev–Trinajstić information content (AvgIpc) is 2.68. The molecule has 1 N–H and O–H groups in total. The minimum atomic E-state index is -0.632. The highest BCUT2D eigenvalue weighted by molar-refractivity contribution is 6.30. The Morgan fingerprint density at radius 2 is 1.96 bits per heavy atom. The number of carbonyl (C=O) groups excluding carboxylic acids is 3. The maximum atomic E-state index is 12.9. The fourth-order valence-corrected chi connectivity index (χ4v) is 4.31. The van der Waals surface area contributed by atoms with Gasteiger partial charge in [-0.05, 0) is 30.5 Å². The van der Waals surface area contributed by atoms with E-state index in [0.717, 1.165) is 17.7 Å². The maximum Gasteiger partial charge on any atom is 0.337 e. The Kier molecular flexibility index (Phi) is 4.52. The normalized spacial score (nSPS) is 22.3. The largest absolute Gasteiger partial charge is 0.466 e. The molecule has 1 aromatic rings. The summed E-state index contributed by atoms with van der Waals surface area (Å²) in [5.41, 5.74) is 2.70. The van der Waals surface area contributed by atoms with Crippen LogP contribution in [0.15, 0.2) is 46.8 Å². The van der Waals surface area contributed by atoms with Crippen LogP contribution >= 0.6 is 11.6 Å². The van der Waals surface area contributed by atoms with Gasteiger partial charge < -0.3 is 15.0 Å². The average molecular weight is 387 g/mol. The molecule has 0 radical (unpaired) electrons. The van der Waals surface area contributed by atoms with Crippen LogP contribution in [-0.4, -0.2) is 42.8 Å². The Balaban J connectivity index is 2.00. The molecule has 0 aromatic heterocycles. The van der Waals surface area contributed by atoms with E-state index in [1.54, 1.807) is 24.3 Å². The minimum Gasteiger partial charge on any atom is -0.466 e. The van der Waals surface area contributed by atoms with E-state index in [9.17, 15) is 14.4 Å². The third kappa shape index (κ3) is 2.84. The number of carbonyl (C=O) groups is 3. The fraction of sp³-hybridized carbons (Fsp3) is 0.350. The number of hydrogen-bond donors (Lipinski definition) is 1. The summed E-state index contributed by atoms with van der Waals surface area (Å²) >= 11 is 6.02. The van der Waals surface area contributed by atoms with E-state index in [1.165, 1.54) is 7.11 Å². The van der Waals surface area contributed by atoms with Crippen LogP contribution in [0.5, 0.6) is 0 Å². The van der Waals surface area contributed by atoms with Gasteiger partial charge in [0.25, 0.3) is 5.91 Å². The van der Waals surface area contributed by atoms with E-state index in [1.807, 2.05) is 4.90 Å². The lowest BCUT2D eigenvalue weighted by atomic mass is 9.74. The van der Waals surface area contributed by atoms with Crippen molar-refractivity contribution >= 4 is 29.3 Å². The molecular formula is C20H19ClN2O4. The summed E-state index contributed by atoms with van der Waals surface area (Å²) in [4.78, 5) is 40.2. The van der Waals surface area contributed by atoms with Gasteiger partial charge in [-0.3, -0.25) is 9.59 Å². The number of allylic oxidation sites excluding steroid dienone is 2. The molecule has 2 heterocycles. The second-order valence-corrected chi connectivity index (χ2v) is 7.22. The minimum absolute atomic E-state index is 0.0163. The SMILES string of the molecule is COC(=O)C1=C2C(=O)NCCN2C2=C(C(=O)CCC2)[C@H]1c1ccc(Cl)cc1. The molecule has 0 spiro atoms. The van der Waals surface area contributed by atoms with Crippen LogP contribution < -0.4 is 5.32 Å². The predicted molar refractivity (Wildman–Crippen MR) is 98.8 cm³/mol. The van der Waals surface area contributed by atoms with Crippen molar-refractivity contribution in [3.63, 3.8) is 0 Å². The van der Waals surface area contributed by atoms with E-state index < -0.39 is 11.9 Å². The number of Topliss-reactive ketones (excluding diaryl/α,β-unsaturated/α-hetero) is 1. The maximum absolute atomic E-state index is 12.9. The summed E-state index contributed by atoms with van der Waals surface area (Å²) in [6.07, 6.45) is 1.88. The number of esters is 1. The lowest BCUT2D eigenvalue weighted by molar-refractivity contribution is -0.137. The van der Waals surface area contributed by atoms with E-state index in [0.29, 0.717) is 42.2 Å². The zero-order valence-electron chi connectivity index (χ0n) is 14.9. The molecule has 1 saturated heterocycles. The second kappa shape index (κ2) is 6.85. The van der Waals surface area contributed by atoms with Gasteiger partial charge in [0.1, 0.15) is 5.70 Å². The molecule has 140 valence electrons. The number of ether oxygens (including phenoxy) is 1. The molecule has 6 nitrogen and oxygen atoms in total. The Labute approximate surface area is 161 Å². The van der Waals surface area contributed by atoms with Crippen LogP contribution in [0.2, 0.25) is 5.02 Å². The molecule has 0 bridgehead atoms. The highest BCUT2D eigenvalue weighted by Gasteiger charge is 2.45. The molecule has 1 aromatic carbocycles. The molecule has 2 aliphatic heterocycles. The molecule has 1 atom stereocenters. The Morgan fingerprint density at radius 3 is 2.67 bits per heavy atom. The lowest BCUT2D eigenvalue weighted by Crippen LogP contribution is -2.50. The highest BCUT2D eigenvalue weighted by atomic mass is 35.5. The Hall–Kier alpha value is -2.60. The van der Waals surface area contributed by atoms with Crippen molar-refractivity contribution in [3.8, 4) is 0 Å². The Bertz CT molecular complexity index is 901. The third-order valence-corrected chi connectivity index (χ3v) is 5.55. The molecule has 1 fully saturated rings. The highest BCUT2D eigenvalue weighted by Crippen LogP contribution is 2.46. The number of halogens is 1. The van der Waals surface area contributed by atoms with Crippen molar-refractivity contribution in [2.75, 3.05) is 20.2 Å². The van der Waals surface area contributed by atoms with Gasteiger partial charge in [-0.2, -0.15) is 0 Å². The first kappa shape index (κ1) is 17.8. The molecule has 7 heteroatoms. The van der Waals surface area contributed by atoms with Crippen LogP contribution in [0.25, 0.3) is 0 Å². The number of amides is 1. The van der Waals surface area contributed by atoms with Crippen molar-refractivity contribution < 1.29 is 19.1 Å². The van der Waals surface area contributed by atoms with Gasteiger partial charge in [0.2, 0.25) is 0 Å². The van der Waals surface area contributed by atoms with Gasteiger partial charge in [0, 0.05) is 41.7 Å². The summed E-state index contributed by atoms with van der Waals surface area (Å²) in [7, 11) is 1.28. The quantitative estimate of drug-likeness (QED) is 0.789. The van der Waals surface area contributed by atoms with E-state index in [4.69, 9.17) is 16.3 Å². The number of benzene rings is 1. The fourth-order valence-electron chi connectivity index (χ4n) is 4.19. The molecular weight excluding hydrogens is 368 g/mol. The number of nitrogens with one attached hydrogen (secondary N) is 1. The van der Waals surface area contributed by atoms with Gasteiger partial charge in [-0.25, -0.2) is 4.79 Å². The summed E-state index contributed by atoms with van der Waals surface area (Å²) < 4.78 is 5.01. The number of methoxy groups -OCH3 is 1. The molecule has 4 rings (SSSR count). The first-order valence-corrected chi connectivity index (χ1v) is 9.30. The van der Waals surface area contributed by atoms with Crippen LogP contribution in [-0.2, 0) is 19.1 Å². The smallest absolute Gasteiger partial charge is 0.337 e. The van der Waals surface area contributed by atoms with E-state index in [2.05, 4.69) is 5.32 Å². The van der Waals surface area contributed by atoms with Crippen LogP contribution in [0, 0.1) is 0 Å². The van der Waals surface area contributed by atoms with Gasteiger partial charge in [0.15, 0.2) is 5.78 Å². The molecule has 3 aliphatic rings. The van der Waals surface area contributed by atoms with Crippen LogP contribution in [0.3, 0.4) is 0 Å². The van der Waals surface area contributed by atoms with E-state index >= 15 is 0 Å². The molecule has 1 amide bonds. The predicted octanol–water partition coefficient (Wildman–Crippen LogP) is 2.30. The van der Waals surface area contributed by atoms with Crippen molar-refractivity contribution in [1.82, 2.24) is 10.2 Å². The van der Waals surface area contributed by atoms with Crippen molar-refractivity contribution in [2.24, 2.45) is 0 Å². The van der Waals surface area contributed by atoms with Crippen molar-refractivity contribution in [2.45, 2.75) is 25.2 Å². The summed E-state index contributed by atoms with van der Waals surface area (Å²) in [5, 5.41) is 3.36. The third-order valence-electron chi connectivity index (χ3n) is 5.30. The summed E-state index contributed by atoms with van der Waals surface area (Å²) in [5.74, 6) is -1.53. The van der Waals surface area contributed by atoms with Crippen LogP contribution in [0.4, 0.5) is 0 Å². The van der Waals surface area contributed by atoms with Gasteiger partial charge >= 0.3 is 5.97 Å². The number of piperazine rings is 1. The standard InChI is InChI=1S/C20H19ClN2O4/c1-27-20(26)17-15(11-5-7-12(21)8-6-11)16-13(3-2-4-14(16)24)23-10-9-22-19(25)18(17)23/h5-8,15H,2-4,9-10H2,1H3,(H,22,25)/t15-/m1/s1. The zero-order chi connectivity index (χ0) is 19.1. The topological polar surface area (TPSA) is 75.7 Å². The number of rotatable bonds is 2. The van der Waals surface area contributed by atoms with E-state index in [-0.39, 0.29) is 17.3 Å². The van der Waals surface area contributed by atoms with Gasteiger partial charge in [-0.1, -0.05) is 23.7 Å². The van der Waals surface area contributed by atoms with Crippen molar-refractivity contribution in [3.05, 3.63) is 57.4 Å². The molecule has 0 saturated carbocycles. The second-order valence-electron chi connectivity index (χ2n) is 6.78. The number of ketones is 1. The number of hydrogen-bond acceptors (Lipinski definition) is 5. The monoisotopic (exact) mass is 386 g/mol. The number of nitrogens with zero attached hydrogens (tertiary/aromatic N) is 1. The van der Waals surface area contributed by atoms with Crippen LogP contribution in [0.1, 0.15) is 30.7 Å². The molecule has 27 heavy (non-hydrogen) atoms. The zero-order valence-corrected chi connectivity index (χ0v) is 15.6. The Morgan fingerprint density at radius 1 is 1.22 bits per heavy atom. The molecule has 0 unspecified atom stereocenters. The van der Waals surface area contributed by atoms with Gasteiger partial charge in [0.05, 0.1) is 12.7 Å².